The van der Waals surface area contributed by atoms with Gasteiger partial charge in [-0.2, -0.15) is 0 Å². The molecule has 0 aliphatic carbocycles. The highest BCUT2D eigenvalue weighted by atomic mass is 35.5. The van der Waals surface area contributed by atoms with Crippen molar-refractivity contribution in [3.8, 4) is 0 Å². The molecule has 1 aromatic heterocycles. The molecule has 2 aromatic carbocycles. The zero-order valence-corrected chi connectivity index (χ0v) is 20.2. The summed E-state index contributed by atoms with van der Waals surface area (Å²) in [5, 5.41) is 15.5. The second-order valence-corrected chi connectivity index (χ2v) is 8.89. The standard InChI is InChI=1S/C22H23Cl2N5O2S/c1-4-29-20(14(3)25-21(31)17-10-7-15(23)11-18(17)24)27-28-22(29)32-12-19(30)26-16-8-5-13(2)6-9-16/h5-11,14H,4,12H2,1-3H3,(H,25,31)(H,26,30)/t14-/m0/s1. The molecule has 0 saturated heterocycles. The molecule has 1 atom stereocenters. The molecule has 2 N–H and O–H groups in total. The van der Waals surface area contributed by atoms with Crippen LogP contribution in [0.1, 0.15) is 41.6 Å². The molecule has 32 heavy (non-hydrogen) atoms. The Kier molecular flexibility index (Phi) is 8.17. The summed E-state index contributed by atoms with van der Waals surface area (Å²) in [7, 11) is 0. The van der Waals surface area contributed by atoms with Crippen molar-refractivity contribution in [3.05, 3.63) is 69.5 Å². The fraction of sp³-hybridized carbons (Fsp3) is 0.273. The first kappa shape index (κ1) is 24.1. The molecule has 0 fully saturated rings. The topological polar surface area (TPSA) is 88.9 Å². The summed E-state index contributed by atoms with van der Waals surface area (Å²) >= 11 is 13.3. The van der Waals surface area contributed by atoms with Crippen LogP contribution in [0.5, 0.6) is 0 Å². The minimum Gasteiger partial charge on any atom is -0.342 e. The SMILES string of the molecule is CCn1c(SCC(=O)Nc2ccc(C)cc2)nnc1[C@H](C)NC(=O)c1ccc(Cl)cc1Cl. The molecule has 0 aliphatic heterocycles. The van der Waals surface area contributed by atoms with Gasteiger partial charge in [-0.15, -0.1) is 10.2 Å². The van der Waals surface area contributed by atoms with Crippen LogP contribution in [0, 0.1) is 6.92 Å². The molecule has 0 bridgehead atoms. The van der Waals surface area contributed by atoms with E-state index >= 15 is 0 Å². The predicted molar refractivity (Wildman–Crippen MR) is 129 cm³/mol. The van der Waals surface area contributed by atoms with E-state index < -0.39 is 6.04 Å². The van der Waals surface area contributed by atoms with Crippen LogP contribution < -0.4 is 10.6 Å². The average Bonchev–Trinajstić information content (AvgIpc) is 3.17. The van der Waals surface area contributed by atoms with Gasteiger partial charge in [0.05, 0.1) is 22.4 Å². The molecule has 168 valence electrons. The van der Waals surface area contributed by atoms with Crippen LogP contribution in [0.2, 0.25) is 10.0 Å². The summed E-state index contributed by atoms with van der Waals surface area (Å²) in [6.07, 6.45) is 0. The third-order valence-corrected chi connectivity index (χ3v) is 6.15. The zero-order chi connectivity index (χ0) is 23.3. The van der Waals surface area contributed by atoms with Gasteiger partial charge in [0, 0.05) is 17.3 Å². The first-order valence-corrected chi connectivity index (χ1v) is 11.7. The summed E-state index contributed by atoms with van der Waals surface area (Å²) in [5.41, 5.74) is 2.20. The number of hydrogen-bond acceptors (Lipinski definition) is 5. The van der Waals surface area contributed by atoms with E-state index in [9.17, 15) is 9.59 Å². The number of thioether (sulfide) groups is 1. The lowest BCUT2D eigenvalue weighted by Gasteiger charge is -2.15. The molecule has 2 amide bonds. The van der Waals surface area contributed by atoms with Gasteiger partial charge in [-0.3, -0.25) is 9.59 Å². The minimum absolute atomic E-state index is 0.134. The molecule has 0 aliphatic rings. The summed E-state index contributed by atoms with van der Waals surface area (Å²) < 4.78 is 1.87. The number of nitrogens with one attached hydrogen (secondary N) is 2. The Morgan fingerprint density at radius 1 is 1.12 bits per heavy atom. The zero-order valence-electron chi connectivity index (χ0n) is 17.9. The number of aryl methyl sites for hydroxylation is 1. The first-order chi connectivity index (χ1) is 15.3. The van der Waals surface area contributed by atoms with E-state index in [2.05, 4.69) is 20.8 Å². The Labute approximate surface area is 200 Å². The van der Waals surface area contributed by atoms with Crippen LogP contribution in [0.3, 0.4) is 0 Å². The lowest BCUT2D eigenvalue weighted by Crippen LogP contribution is -2.29. The minimum atomic E-state index is -0.419. The molecule has 10 heteroatoms. The summed E-state index contributed by atoms with van der Waals surface area (Å²) in [4.78, 5) is 24.9. The van der Waals surface area contributed by atoms with Crippen molar-refractivity contribution in [1.29, 1.82) is 0 Å². The van der Waals surface area contributed by atoms with E-state index in [0.717, 1.165) is 11.3 Å². The van der Waals surface area contributed by atoms with Crippen molar-refractivity contribution < 1.29 is 9.59 Å². The maximum atomic E-state index is 12.6. The molecule has 0 unspecified atom stereocenters. The molecule has 0 saturated carbocycles. The van der Waals surface area contributed by atoms with E-state index in [1.807, 2.05) is 49.6 Å². The molecular weight excluding hydrogens is 469 g/mol. The Bertz CT molecular complexity index is 1120. The van der Waals surface area contributed by atoms with E-state index in [4.69, 9.17) is 23.2 Å². The van der Waals surface area contributed by atoms with Crippen molar-refractivity contribution in [2.24, 2.45) is 0 Å². The predicted octanol–water partition coefficient (Wildman–Crippen LogP) is 5.14. The number of rotatable bonds is 8. The molecular formula is C22H23Cl2N5O2S. The molecule has 1 heterocycles. The Balaban J connectivity index is 1.63. The van der Waals surface area contributed by atoms with Gasteiger partial charge >= 0.3 is 0 Å². The summed E-state index contributed by atoms with van der Waals surface area (Å²) in [6, 6.07) is 11.9. The highest BCUT2D eigenvalue weighted by Crippen LogP contribution is 2.24. The number of carbonyl (C=O) groups excluding carboxylic acids is 2. The number of halogens is 2. The van der Waals surface area contributed by atoms with Gasteiger partial charge in [0.15, 0.2) is 11.0 Å². The number of benzene rings is 2. The molecule has 3 rings (SSSR count). The largest absolute Gasteiger partial charge is 0.342 e. The summed E-state index contributed by atoms with van der Waals surface area (Å²) in [5.74, 6) is 0.307. The van der Waals surface area contributed by atoms with Crippen molar-refractivity contribution in [1.82, 2.24) is 20.1 Å². The number of carbonyl (C=O) groups is 2. The number of amides is 2. The summed E-state index contributed by atoms with van der Waals surface area (Å²) in [6.45, 7) is 6.35. The average molecular weight is 492 g/mol. The smallest absolute Gasteiger partial charge is 0.253 e. The van der Waals surface area contributed by atoms with Crippen LogP contribution in [0.4, 0.5) is 5.69 Å². The Morgan fingerprint density at radius 3 is 2.50 bits per heavy atom. The fourth-order valence-electron chi connectivity index (χ4n) is 3.00. The number of aromatic nitrogens is 3. The third-order valence-electron chi connectivity index (χ3n) is 4.64. The maximum Gasteiger partial charge on any atom is 0.253 e. The Morgan fingerprint density at radius 2 is 1.84 bits per heavy atom. The van der Waals surface area contributed by atoms with Crippen LogP contribution in [0.25, 0.3) is 0 Å². The second-order valence-electron chi connectivity index (χ2n) is 7.11. The first-order valence-electron chi connectivity index (χ1n) is 9.96. The van der Waals surface area contributed by atoms with Crippen LogP contribution in [0.15, 0.2) is 47.6 Å². The van der Waals surface area contributed by atoms with Crippen LogP contribution in [-0.2, 0) is 11.3 Å². The van der Waals surface area contributed by atoms with Gasteiger partial charge in [0.1, 0.15) is 0 Å². The maximum absolute atomic E-state index is 12.6. The van der Waals surface area contributed by atoms with Gasteiger partial charge < -0.3 is 15.2 Å². The van der Waals surface area contributed by atoms with Gasteiger partial charge in [0.2, 0.25) is 5.91 Å². The van der Waals surface area contributed by atoms with Gasteiger partial charge in [-0.05, 0) is 51.1 Å². The van der Waals surface area contributed by atoms with Crippen molar-refractivity contribution in [2.45, 2.75) is 38.5 Å². The van der Waals surface area contributed by atoms with Gasteiger partial charge in [-0.1, -0.05) is 52.7 Å². The Hall–Kier alpha value is -2.55. The molecule has 0 radical (unpaired) electrons. The number of nitrogens with zero attached hydrogens (tertiary/aromatic N) is 3. The van der Waals surface area contributed by atoms with Crippen molar-refractivity contribution in [3.63, 3.8) is 0 Å². The number of hydrogen-bond donors (Lipinski definition) is 2. The molecule has 0 spiro atoms. The van der Waals surface area contributed by atoms with Gasteiger partial charge in [-0.25, -0.2) is 0 Å². The quantitative estimate of drug-likeness (QED) is 0.426. The third kappa shape index (κ3) is 6.03. The van der Waals surface area contributed by atoms with E-state index in [1.165, 1.54) is 17.8 Å². The normalized spacial score (nSPS) is 11.8. The monoisotopic (exact) mass is 491 g/mol. The van der Waals surface area contributed by atoms with Crippen LogP contribution >= 0.6 is 35.0 Å². The van der Waals surface area contributed by atoms with Crippen molar-refractivity contribution in [2.75, 3.05) is 11.1 Å². The van der Waals surface area contributed by atoms with Gasteiger partial charge in [0.25, 0.3) is 5.91 Å². The molecule has 3 aromatic rings. The second kappa shape index (κ2) is 10.8. The number of anilines is 1. The lowest BCUT2D eigenvalue weighted by molar-refractivity contribution is -0.113. The molecule has 7 nitrogen and oxygen atoms in total. The van der Waals surface area contributed by atoms with E-state index in [-0.39, 0.29) is 22.6 Å². The lowest BCUT2D eigenvalue weighted by atomic mass is 10.2. The highest BCUT2D eigenvalue weighted by molar-refractivity contribution is 7.99. The van der Waals surface area contributed by atoms with E-state index in [0.29, 0.717) is 28.1 Å². The highest BCUT2D eigenvalue weighted by Gasteiger charge is 2.21. The van der Waals surface area contributed by atoms with Crippen molar-refractivity contribution >= 4 is 52.5 Å². The fourth-order valence-corrected chi connectivity index (χ4v) is 4.30. The van der Waals surface area contributed by atoms with E-state index in [1.54, 1.807) is 12.1 Å². The van der Waals surface area contributed by atoms with Crippen LogP contribution in [-0.4, -0.2) is 32.3 Å².